The van der Waals surface area contributed by atoms with E-state index in [2.05, 4.69) is 30.9 Å². The number of hydrogen-bond acceptors (Lipinski definition) is 4. The van der Waals surface area contributed by atoms with Gasteiger partial charge >= 0.3 is 0 Å². The van der Waals surface area contributed by atoms with Gasteiger partial charge in [0.05, 0.1) is 11.2 Å². The predicted octanol–water partition coefficient (Wildman–Crippen LogP) is 1.59. The zero-order chi connectivity index (χ0) is 16.9. The number of amides is 1. The summed E-state index contributed by atoms with van der Waals surface area (Å²) in [5.41, 5.74) is 1.74. The minimum Gasteiger partial charge on any atom is -0.353 e. The Balaban J connectivity index is 1.82. The van der Waals surface area contributed by atoms with E-state index in [0.29, 0.717) is 11.9 Å². The van der Waals surface area contributed by atoms with Crippen molar-refractivity contribution < 1.29 is 4.79 Å². The standard InChI is InChI=1S/C17H22N6O/c1-11-14-5-3-4-6-15(14)22-16(19-11)23-17(20-12(2)24)21-13-7-9-18-10-8-13/h3-6,13,18H,7-10H2,1-2H3,(H2,19,20,21,22,23,24). The fourth-order valence-corrected chi connectivity index (χ4v) is 2.81. The van der Waals surface area contributed by atoms with Gasteiger partial charge in [-0.3, -0.25) is 10.1 Å². The fraction of sp³-hybridized carbons (Fsp3) is 0.412. The first-order valence-electron chi connectivity index (χ1n) is 8.19. The van der Waals surface area contributed by atoms with Crippen LogP contribution in [-0.4, -0.2) is 41.0 Å². The number of aryl methyl sites for hydroxylation is 1. The first-order chi connectivity index (χ1) is 11.6. The van der Waals surface area contributed by atoms with Gasteiger partial charge in [0.2, 0.25) is 17.8 Å². The number of nitrogens with one attached hydrogen (secondary N) is 3. The molecule has 0 saturated carbocycles. The molecule has 1 fully saturated rings. The highest BCUT2D eigenvalue weighted by atomic mass is 16.1. The fourth-order valence-electron chi connectivity index (χ4n) is 2.81. The molecule has 126 valence electrons. The second kappa shape index (κ2) is 7.35. The van der Waals surface area contributed by atoms with Crippen LogP contribution in [0.2, 0.25) is 0 Å². The summed E-state index contributed by atoms with van der Waals surface area (Å²) >= 11 is 0. The maximum atomic E-state index is 11.4. The molecule has 0 radical (unpaired) electrons. The van der Waals surface area contributed by atoms with E-state index in [9.17, 15) is 4.79 Å². The lowest BCUT2D eigenvalue weighted by atomic mass is 10.1. The average molecular weight is 326 g/mol. The summed E-state index contributed by atoms with van der Waals surface area (Å²) in [6.07, 6.45) is 1.96. The van der Waals surface area contributed by atoms with E-state index >= 15 is 0 Å². The number of nitrogens with zero attached hydrogens (tertiary/aromatic N) is 3. The number of aliphatic imine (C=N–C) groups is 1. The first-order valence-corrected chi connectivity index (χ1v) is 8.19. The third-order valence-electron chi connectivity index (χ3n) is 3.97. The lowest BCUT2D eigenvalue weighted by Crippen LogP contribution is -2.45. The van der Waals surface area contributed by atoms with E-state index in [1.54, 1.807) is 0 Å². The molecule has 1 aromatic heterocycles. The number of hydrogen-bond donors (Lipinski definition) is 3. The highest BCUT2D eigenvalue weighted by molar-refractivity contribution is 6.00. The normalized spacial score (nSPS) is 16.2. The van der Waals surface area contributed by atoms with Crippen LogP contribution >= 0.6 is 0 Å². The maximum absolute atomic E-state index is 11.4. The zero-order valence-corrected chi connectivity index (χ0v) is 14.0. The Morgan fingerprint density at radius 1 is 1.25 bits per heavy atom. The molecule has 3 N–H and O–H groups in total. The quantitative estimate of drug-likeness (QED) is 0.573. The van der Waals surface area contributed by atoms with Gasteiger partial charge in [0.25, 0.3) is 0 Å². The van der Waals surface area contributed by atoms with Gasteiger partial charge in [0.1, 0.15) is 0 Å². The minimum absolute atomic E-state index is 0.267. The highest BCUT2D eigenvalue weighted by Crippen LogP contribution is 2.16. The van der Waals surface area contributed by atoms with Gasteiger partial charge in [0, 0.05) is 18.4 Å². The molecule has 1 aromatic carbocycles. The van der Waals surface area contributed by atoms with Crippen LogP contribution in [0.25, 0.3) is 10.9 Å². The first kappa shape index (κ1) is 16.3. The third kappa shape index (κ3) is 4.05. The number of fused-ring (bicyclic) bond motifs is 1. The molecule has 0 unspecified atom stereocenters. The summed E-state index contributed by atoms with van der Waals surface area (Å²) in [5, 5.41) is 10.7. The number of carbonyl (C=O) groups is 1. The molecule has 0 spiro atoms. The Kier molecular flexibility index (Phi) is 5.00. The summed E-state index contributed by atoms with van der Waals surface area (Å²) < 4.78 is 0. The molecule has 1 saturated heterocycles. The van der Waals surface area contributed by atoms with E-state index in [0.717, 1.165) is 42.5 Å². The summed E-state index contributed by atoms with van der Waals surface area (Å²) in [6.45, 7) is 5.28. The van der Waals surface area contributed by atoms with Crippen LogP contribution in [-0.2, 0) is 4.79 Å². The van der Waals surface area contributed by atoms with Crippen LogP contribution < -0.4 is 16.0 Å². The lowest BCUT2D eigenvalue weighted by Gasteiger charge is -2.25. The van der Waals surface area contributed by atoms with Crippen molar-refractivity contribution in [2.75, 3.05) is 18.4 Å². The van der Waals surface area contributed by atoms with Gasteiger partial charge in [-0.25, -0.2) is 9.97 Å². The highest BCUT2D eigenvalue weighted by Gasteiger charge is 2.16. The van der Waals surface area contributed by atoms with E-state index in [-0.39, 0.29) is 11.9 Å². The van der Waals surface area contributed by atoms with Gasteiger partial charge < -0.3 is 10.6 Å². The number of piperidine rings is 1. The summed E-state index contributed by atoms with van der Waals surface area (Å²) in [5.74, 6) is 0.577. The van der Waals surface area contributed by atoms with Crippen LogP contribution in [0.1, 0.15) is 25.5 Å². The van der Waals surface area contributed by atoms with Crippen molar-refractivity contribution in [3.63, 3.8) is 0 Å². The molecule has 3 rings (SSSR count). The average Bonchev–Trinajstić information content (AvgIpc) is 2.55. The van der Waals surface area contributed by atoms with Crippen molar-refractivity contribution in [2.24, 2.45) is 4.99 Å². The molecule has 1 amide bonds. The molecule has 1 aliphatic rings. The molecule has 0 bridgehead atoms. The molecular weight excluding hydrogens is 304 g/mol. The second-order valence-corrected chi connectivity index (χ2v) is 5.92. The summed E-state index contributed by atoms with van der Waals surface area (Å²) in [4.78, 5) is 24.5. The molecule has 7 heteroatoms. The molecule has 7 nitrogen and oxygen atoms in total. The zero-order valence-electron chi connectivity index (χ0n) is 14.0. The largest absolute Gasteiger partial charge is 0.353 e. The van der Waals surface area contributed by atoms with Crippen molar-refractivity contribution in [2.45, 2.75) is 32.7 Å². The van der Waals surface area contributed by atoms with Crippen molar-refractivity contribution in [3.05, 3.63) is 30.0 Å². The number of guanidine groups is 1. The monoisotopic (exact) mass is 326 g/mol. The van der Waals surface area contributed by atoms with Crippen LogP contribution in [0.4, 0.5) is 5.95 Å². The molecule has 2 aromatic rings. The number of anilines is 1. The maximum Gasteiger partial charge on any atom is 0.245 e. The van der Waals surface area contributed by atoms with Crippen molar-refractivity contribution in [1.82, 2.24) is 20.6 Å². The summed E-state index contributed by atoms with van der Waals surface area (Å²) in [7, 11) is 0. The number of carbonyl (C=O) groups excluding carboxylic acids is 1. The molecule has 1 aliphatic heterocycles. The van der Waals surface area contributed by atoms with Crippen LogP contribution in [0, 0.1) is 6.92 Å². The molecule has 0 aliphatic carbocycles. The smallest absolute Gasteiger partial charge is 0.245 e. The van der Waals surface area contributed by atoms with E-state index in [4.69, 9.17) is 0 Å². The number of para-hydroxylation sites is 1. The van der Waals surface area contributed by atoms with E-state index in [1.807, 2.05) is 31.2 Å². The molecule has 2 heterocycles. The van der Waals surface area contributed by atoms with Gasteiger partial charge in [-0.2, -0.15) is 4.99 Å². The molecule has 0 atom stereocenters. The molecular formula is C17H22N6O. The number of rotatable bonds is 2. The van der Waals surface area contributed by atoms with Crippen LogP contribution in [0.15, 0.2) is 29.3 Å². The molecule has 24 heavy (non-hydrogen) atoms. The minimum atomic E-state index is -0.267. The van der Waals surface area contributed by atoms with E-state index < -0.39 is 0 Å². The number of benzene rings is 1. The van der Waals surface area contributed by atoms with Gasteiger partial charge in [-0.05, 0) is 38.9 Å². The van der Waals surface area contributed by atoms with Crippen molar-refractivity contribution in [3.8, 4) is 0 Å². The Morgan fingerprint density at radius 2 is 2.00 bits per heavy atom. The Labute approximate surface area is 141 Å². The van der Waals surface area contributed by atoms with Gasteiger partial charge in [-0.1, -0.05) is 18.2 Å². The summed E-state index contributed by atoms with van der Waals surface area (Å²) in [6, 6.07) is 8.12. The van der Waals surface area contributed by atoms with E-state index in [1.165, 1.54) is 6.92 Å². The Hall–Kier alpha value is -2.54. The number of aromatic nitrogens is 2. The Morgan fingerprint density at radius 3 is 2.75 bits per heavy atom. The van der Waals surface area contributed by atoms with Gasteiger partial charge in [0.15, 0.2) is 0 Å². The third-order valence-corrected chi connectivity index (χ3v) is 3.97. The Bertz CT molecular complexity index is 767. The van der Waals surface area contributed by atoms with Crippen LogP contribution in [0.3, 0.4) is 0 Å². The topological polar surface area (TPSA) is 91.3 Å². The van der Waals surface area contributed by atoms with Crippen molar-refractivity contribution >= 4 is 28.7 Å². The second-order valence-electron chi connectivity index (χ2n) is 5.92. The van der Waals surface area contributed by atoms with Crippen LogP contribution in [0.5, 0.6) is 0 Å². The predicted molar refractivity (Wildman–Crippen MR) is 95.0 cm³/mol. The SMILES string of the molecule is CC(=O)/N=C(/Nc1nc(C)c2ccccc2n1)NC1CCNCC1. The lowest BCUT2D eigenvalue weighted by molar-refractivity contribution is -0.115. The van der Waals surface area contributed by atoms with Crippen molar-refractivity contribution in [1.29, 1.82) is 0 Å². The van der Waals surface area contributed by atoms with Gasteiger partial charge in [-0.15, -0.1) is 0 Å².